The number of nitrogens with zero attached hydrogens (tertiary/aromatic N) is 1. The molecule has 3 aromatic carbocycles. The van der Waals surface area contributed by atoms with Crippen molar-refractivity contribution in [2.24, 2.45) is 0 Å². The Morgan fingerprint density at radius 2 is 1.69 bits per heavy atom. The molecule has 0 amide bonds. The van der Waals surface area contributed by atoms with Gasteiger partial charge in [0, 0.05) is 18.8 Å². The van der Waals surface area contributed by atoms with Crippen molar-refractivity contribution in [2.75, 3.05) is 25.1 Å². The highest BCUT2D eigenvalue weighted by molar-refractivity contribution is 5.72. The van der Waals surface area contributed by atoms with Gasteiger partial charge in [0.05, 0.1) is 13.2 Å². The quantitative estimate of drug-likeness (QED) is 0.301. The van der Waals surface area contributed by atoms with E-state index in [-0.39, 0.29) is 6.54 Å². The highest BCUT2D eigenvalue weighted by Gasteiger charge is 2.10. The van der Waals surface area contributed by atoms with E-state index in [1.54, 1.807) is 0 Å². The molecule has 0 atom stereocenters. The van der Waals surface area contributed by atoms with E-state index in [1.165, 1.54) is 22.3 Å². The smallest absolute Gasteiger partial charge is 0.440 e. The molecule has 8 nitrogen and oxygen atoms in total. The maximum absolute atomic E-state index is 11.6. The first-order chi connectivity index (χ1) is 17.4. The molecule has 0 spiro atoms. The number of aromatic nitrogens is 2. The lowest BCUT2D eigenvalue weighted by Gasteiger charge is -2.15. The molecular formula is C28H31N3O5. The number of anilines is 1. The zero-order valence-electron chi connectivity index (χ0n) is 20.8. The Kier molecular flexibility index (Phi) is 8.07. The van der Waals surface area contributed by atoms with Gasteiger partial charge in [-0.2, -0.15) is 0 Å². The summed E-state index contributed by atoms with van der Waals surface area (Å²) in [6, 6.07) is 20.3. The minimum absolute atomic E-state index is 0.189. The fraction of sp³-hybridized carbons (Fsp3) is 0.286. The molecule has 0 bridgehead atoms. The average Bonchev–Trinajstić information content (AvgIpc) is 3.17. The van der Waals surface area contributed by atoms with Gasteiger partial charge in [-0.3, -0.25) is 0 Å². The van der Waals surface area contributed by atoms with E-state index in [2.05, 4.69) is 60.5 Å². The third-order valence-corrected chi connectivity index (χ3v) is 5.83. The molecule has 2 N–H and O–H groups in total. The van der Waals surface area contributed by atoms with Gasteiger partial charge in [-0.1, -0.05) is 30.3 Å². The third-order valence-electron chi connectivity index (χ3n) is 5.83. The van der Waals surface area contributed by atoms with Gasteiger partial charge in [-0.25, -0.2) is 14.6 Å². The van der Waals surface area contributed by atoms with Crippen LogP contribution in [-0.2, 0) is 17.8 Å². The normalized spacial score (nSPS) is 11.0. The minimum Gasteiger partial charge on any atom is -0.491 e. The van der Waals surface area contributed by atoms with Gasteiger partial charge in [-0.15, -0.1) is 4.74 Å². The van der Waals surface area contributed by atoms with Crippen molar-refractivity contribution in [3.8, 4) is 16.9 Å². The molecule has 36 heavy (non-hydrogen) atoms. The summed E-state index contributed by atoms with van der Waals surface area (Å²) in [6.07, 6.45) is 0. The maximum Gasteiger partial charge on any atom is 0.440 e. The second kappa shape index (κ2) is 11.6. The lowest BCUT2D eigenvalue weighted by molar-refractivity contribution is 0.110. The van der Waals surface area contributed by atoms with E-state index in [4.69, 9.17) is 14.0 Å². The van der Waals surface area contributed by atoms with Crippen LogP contribution in [0.15, 0.2) is 74.8 Å². The lowest BCUT2D eigenvalue weighted by atomic mass is 9.94. The fourth-order valence-electron chi connectivity index (χ4n) is 4.18. The Bertz CT molecular complexity index is 1390. The van der Waals surface area contributed by atoms with Gasteiger partial charge < -0.3 is 19.3 Å². The molecule has 4 rings (SSSR count). The van der Waals surface area contributed by atoms with Crippen molar-refractivity contribution in [1.82, 2.24) is 9.72 Å². The third kappa shape index (κ3) is 6.34. The molecule has 0 saturated carbocycles. The Morgan fingerprint density at radius 3 is 2.36 bits per heavy atom. The molecule has 0 unspecified atom stereocenters. The number of rotatable bonds is 11. The number of ether oxygens (including phenoxy) is 2. The summed E-state index contributed by atoms with van der Waals surface area (Å²) in [7, 11) is 0. The first kappa shape index (κ1) is 25.1. The monoisotopic (exact) mass is 489 g/mol. The SMILES string of the molecule is CCOCCOc1cc(C)c(-c2cccc(CNc3ccc(Cn4oc(=O)[nH]c4=O)cc3)c2)c(C)c1. The largest absolute Gasteiger partial charge is 0.491 e. The Balaban J connectivity index is 1.40. The van der Waals surface area contributed by atoms with E-state index in [0.717, 1.165) is 27.3 Å². The number of hydrogen-bond donors (Lipinski definition) is 2. The molecule has 0 radical (unpaired) electrons. The molecule has 0 aliphatic heterocycles. The standard InChI is InChI=1S/C28H31N3O5/c1-4-34-12-13-35-25-14-19(2)26(20(3)15-25)23-7-5-6-22(16-23)17-29-24-10-8-21(9-11-24)18-31-27(32)30-28(33)36-31/h5-11,14-16,29H,4,12-13,17-18H2,1-3H3,(H,30,32,33). The van der Waals surface area contributed by atoms with Gasteiger partial charge in [0.2, 0.25) is 0 Å². The number of H-pyrrole nitrogens is 1. The van der Waals surface area contributed by atoms with Crippen molar-refractivity contribution in [3.63, 3.8) is 0 Å². The van der Waals surface area contributed by atoms with Crippen LogP contribution >= 0.6 is 0 Å². The summed E-state index contributed by atoms with van der Waals surface area (Å²) in [5, 5.41) is 3.44. The highest BCUT2D eigenvalue weighted by atomic mass is 16.5. The Labute approximate surface area is 209 Å². The van der Waals surface area contributed by atoms with Gasteiger partial charge in [0.1, 0.15) is 12.4 Å². The number of nitrogens with one attached hydrogen (secondary N) is 2. The molecule has 0 fully saturated rings. The van der Waals surface area contributed by atoms with Crippen molar-refractivity contribution in [3.05, 3.63) is 104 Å². The summed E-state index contributed by atoms with van der Waals surface area (Å²) >= 11 is 0. The molecular weight excluding hydrogens is 458 g/mol. The van der Waals surface area contributed by atoms with Gasteiger partial charge >= 0.3 is 11.4 Å². The number of hydrogen-bond acceptors (Lipinski definition) is 6. The molecule has 1 aromatic heterocycles. The van der Waals surface area contributed by atoms with Crippen LogP contribution in [0, 0.1) is 13.8 Å². The summed E-state index contributed by atoms with van der Waals surface area (Å²) in [4.78, 5) is 24.8. The first-order valence-corrected chi connectivity index (χ1v) is 12.0. The number of benzene rings is 3. The van der Waals surface area contributed by atoms with Crippen LogP contribution in [0.4, 0.5) is 5.69 Å². The summed E-state index contributed by atoms with van der Waals surface area (Å²) in [5.41, 5.74) is 7.11. The van der Waals surface area contributed by atoms with E-state index in [0.29, 0.717) is 26.4 Å². The van der Waals surface area contributed by atoms with Crippen LogP contribution < -0.4 is 21.5 Å². The van der Waals surface area contributed by atoms with Gasteiger partial charge in [0.25, 0.3) is 0 Å². The molecule has 8 heteroatoms. The lowest BCUT2D eigenvalue weighted by Crippen LogP contribution is -2.17. The molecule has 188 valence electrons. The van der Waals surface area contributed by atoms with E-state index < -0.39 is 11.4 Å². The van der Waals surface area contributed by atoms with E-state index in [9.17, 15) is 9.59 Å². The van der Waals surface area contributed by atoms with Gasteiger partial charge in [0.15, 0.2) is 0 Å². The maximum atomic E-state index is 11.6. The second-order valence-electron chi connectivity index (χ2n) is 8.57. The Hall–Kier alpha value is -4.04. The molecule has 0 aliphatic carbocycles. The van der Waals surface area contributed by atoms with Crippen LogP contribution in [0.2, 0.25) is 0 Å². The predicted octanol–water partition coefficient (Wildman–Crippen LogP) is 4.49. The Morgan fingerprint density at radius 1 is 0.944 bits per heavy atom. The summed E-state index contributed by atoms with van der Waals surface area (Å²) in [5.74, 6) is 0.103. The van der Waals surface area contributed by atoms with Crippen LogP contribution in [-0.4, -0.2) is 29.5 Å². The second-order valence-corrected chi connectivity index (χ2v) is 8.57. The van der Waals surface area contributed by atoms with Crippen LogP contribution in [0.3, 0.4) is 0 Å². The minimum atomic E-state index is -0.757. The topological polar surface area (TPSA) is 98.5 Å². The highest BCUT2D eigenvalue weighted by Crippen LogP contribution is 2.31. The van der Waals surface area contributed by atoms with Crippen molar-refractivity contribution < 1.29 is 14.0 Å². The van der Waals surface area contributed by atoms with Crippen LogP contribution in [0.5, 0.6) is 5.75 Å². The van der Waals surface area contributed by atoms with Gasteiger partial charge in [-0.05, 0) is 84.5 Å². The summed E-state index contributed by atoms with van der Waals surface area (Å²) < 4.78 is 17.0. The number of aryl methyl sites for hydroxylation is 2. The van der Waals surface area contributed by atoms with E-state index in [1.807, 2.05) is 31.2 Å². The van der Waals surface area contributed by atoms with Crippen LogP contribution in [0.25, 0.3) is 11.1 Å². The molecule has 4 aromatic rings. The zero-order valence-corrected chi connectivity index (χ0v) is 20.8. The zero-order chi connectivity index (χ0) is 25.5. The van der Waals surface area contributed by atoms with Crippen LogP contribution in [0.1, 0.15) is 29.2 Å². The molecule has 0 aliphatic rings. The van der Waals surface area contributed by atoms with Crippen molar-refractivity contribution >= 4 is 5.69 Å². The molecule has 1 heterocycles. The van der Waals surface area contributed by atoms with Crippen molar-refractivity contribution in [1.29, 1.82) is 0 Å². The first-order valence-electron chi connectivity index (χ1n) is 12.0. The average molecular weight is 490 g/mol. The van der Waals surface area contributed by atoms with E-state index >= 15 is 0 Å². The number of aromatic amines is 1. The van der Waals surface area contributed by atoms with Crippen molar-refractivity contribution in [2.45, 2.75) is 33.9 Å². The fourth-order valence-corrected chi connectivity index (χ4v) is 4.18. The summed E-state index contributed by atoms with van der Waals surface area (Å²) in [6.45, 7) is 8.85. The molecule has 0 saturated heterocycles. The predicted molar refractivity (Wildman–Crippen MR) is 140 cm³/mol.